The fraction of sp³-hybridized carbons (Fsp3) is 0.571. The zero-order valence-corrected chi connectivity index (χ0v) is 8.97. The van der Waals surface area contributed by atoms with Gasteiger partial charge < -0.3 is 11.5 Å². The Kier molecular flexibility index (Phi) is 8.31. The van der Waals surface area contributed by atoms with Gasteiger partial charge in [0.25, 0.3) is 10.1 Å². The third-order valence-corrected chi connectivity index (χ3v) is 2.51. The zero-order chi connectivity index (χ0) is 10.3. The topological polar surface area (TPSA) is 107 Å². The highest BCUT2D eigenvalue weighted by atomic mass is 32.2. The van der Waals surface area contributed by atoms with Crippen molar-refractivity contribution >= 4 is 16.0 Å². The molecule has 0 unspecified atom stereocenters. The molecule has 14 heavy (non-hydrogen) atoms. The third-order valence-electron chi connectivity index (χ3n) is 1.12. The summed E-state index contributed by atoms with van der Waals surface area (Å²) in [6, 6.07) is 0. The molecule has 0 aliphatic carbocycles. The largest absolute Gasteiger partial charge is 0.344 e. The van der Waals surface area contributed by atoms with Crippen LogP contribution >= 0.6 is 0 Å². The molecule has 0 aliphatic heterocycles. The van der Waals surface area contributed by atoms with E-state index in [9.17, 15) is 13.2 Å². The van der Waals surface area contributed by atoms with E-state index in [-0.39, 0.29) is 18.6 Å². The lowest BCUT2D eigenvalue weighted by Crippen LogP contribution is -2.26. The van der Waals surface area contributed by atoms with E-state index in [0.29, 0.717) is 6.42 Å². The standard InChI is InChI=1S/C7H13NO4S.H3N/c1-3-5-13(10,11)12-6-8-7(9)4-2;/h4H,2-3,5-6H2,1H3,(H,8,9);1H3. The van der Waals surface area contributed by atoms with Gasteiger partial charge in [-0.15, -0.1) is 0 Å². The highest BCUT2D eigenvalue weighted by molar-refractivity contribution is 7.86. The minimum Gasteiger partial charge on any atom is -0.344 e. The van der Waals surface area contributed by atoms with Crippen LogP contribution in [-0.2, 0) is 19.1 Å². The number of hydrogen-bond donors (Lipinski definition) is 2. The van der Waals surface area contributed by atoms with Crippen molar-refractivity contribution in [2.45, 2.75) is 13.3 Å². The molecule has 0 saturated heterocycles. The first-order valence-corrected chi connectivity index (χ1v) is 5.37. The van der Waals surface area contributed by atoms with Gasteiger partial charge in [-0.1, -0.05) is 13.5 Å². The summed E-state index contributed by atoms with van der Waals surface area (Å²) in [7, 11) is -3.48. The Morgan fingerprint density at radius 1 is 1.57 bits per heavy atom. The summed E-state index contributed by atoms with van der Waals surface area (Å²) in [5.74, 6) is -0.511. The summed E-state index contributed by atoms with van der Waals surface area (Å²) in [5, 5.41) is 2.19. The van der Waals surface area contributed by atoms with Crippen molar-refractivity contribution < 1.29 is 17.4 Å². The molecule has 0 bridgehead atoms. The Bertz CT molecular complexity index is 273. The van der Waals surface area contributed by atoms with Crippen LogP contribution in [0, 0.1) is 0 Å². The predicted molar refractivity (Wildman–Crippen MR) is 53.4 cm³/mol. The van der Waals surface area contributed by atoms with Crippen LogP contribution in [-0.4, -0.2) is 26.8 Å². The summed E-state index contributed by atoms with van der Waals surface area (Å²) in [6.45, 7) is 4.58. The van der Waals surface area contributed by atoms with Crippen molar-refractivity contribution in [3.63, 3.8) is 0 Å². The lowest BCUT2D eigenvalue weighted by Gasteiger charge is -2.03. The van der Waals surface area contributed by atoms with Crippen molar-refractivity contribution in [3.05, 3.63) is 12.7 Å². The molecule has 0 aromatic carbocycles. The first kappa shape index (κ1) is 15.5. The minimum atomic E-state index is -3.48. The van der Waals surface area contributed by atoms with E-state index in [4.69, 9.17) is 0 Å². The Morgan fingerprint density at radius 2 is 2.14 bits per heavy atom. The van der Waals surface area contributed by atoms with Gasteiger partial charge >= 0.3 is 0 Å². The van der Waals surface area contributed by atoms with Gasteiger partial charge in [-0.3, -0.25) is 4.79 Å². The van der Waals surface area contributed by atoms with Crippen LogP contribution in [0.1, 0.15) is 13.3 Å². The number of amides is 1. The molecule has 6 nitrogen and oxygen atoms in total. The quantitative estimate of drug-likeness (QED) is 0.379. The number of rotatable bonds is 6. The first-order valence-electron chi connectivity index (χ1n) is 3.79. The van der Waals surface area contributed by atoms with Crippen molar-refractivity contribution in [1.29, 1.82) is 0 Å². The molecule has 1 amide bonds. The van der Waals surface area contributed by atoms with E-state index >= 15 is 0 Å². The van der Waals surface area contributed by atoms with Gasteiger partial charge in [-0.2, -0.15) is 8.42 Å². The molecule has 0 aromatic heterocycles. The van der Waals surface area contributed by atoms with E-state index < -0.39 is 16.0 Å². The Labute approximate surface area is 84.0 Å². The van der Waals surface area contributed by atoms with E-state index in [1.165, 1.54) is 0 Å². The molecular formula is C7H16N2O4S. The molecule has 0 atom stereocenters. The molecule has 0 saturated carbocycles. The van der Waals surface area contributed by atoms with Crippen LogP contribution < -0.4 is 11.5 Å². The first-order chi connectivity index (χ1) is 6.02. The highest BCUT2D eigenvalue weighted by Crippen LogP contribution is 1.93. The molecule has 7 heteroatoms. The van der Waals surface area contributed by atoms with Gasteiger partial charge in [0.1, 0.15) is 6.73 Å². The van der Waals surface area contributed by atoms with Crippen LogP contribution in [0.4, 0.5) is 0 Å². The summed E-state index contributed by atoms with van der Waals surface area (Å²) in [4.78, 5) is 10.6. The van der Waals surface area contributed by atoms with E-state index in [0.717, 1.165) is 6.08 Å². The third kappa shape index (κ3) is 7.71. The summed E-state index contributed by atoms with van der Waals surface area (Å²) < 4.78 is 26.2. The molecule has 84 valence electrons. The van der Waals surface area contributed by atoms with Crippen LogP contribution in [0.25, 0.3) is 0 Å². The summed E-state index contributed by atoms with van der Waals surface area (Å²) >= 11 is 0. The zero-order valence-electron chi connectivity index (χ0n) is 8.15. The molecular weight excluding hydrogens is 208 g/mol. The predicted octanol–water partition coefficient (Wildman–Crippen LogP) is 0.164. The number of carbonyl (C=O) groups is 1. The Morgan fingerprint density at radius 3 is 2.57 bits per heavy atom. The average molecular weight is 224 g/mol. The maximum Gasteiger partial charge on any atom is 0.269 e. The van der Waals surface area contributed by atoms with Gasteiger partial charge in [0.15, 0.2) is 0 Å². The summed E-state index contributed by atoms with van der Waals surface area (Å²) in [5.41, 5.74) is 0. The molecule has 0 fully saturated rings. The fourth-order valence-electron chi connectivity index (χ4n) is 0.571. The van der Waals surface area contributed by atoms with Crippen molar-refractivity contribution in [3.8, 4) is 0 Å². The maximum absolute atomic E-state index is 10.9. The Hall–Kier alpha value is -0.920. The molecule has 0 spiro atoms. The Balaban J connectivity index is 0. The van der Waals surface area contributed by atoms with E-state index in [1.54, 1.807) is 6.92 Å². The number of carbonyl (C=O) groups excluding carboxylic acids is 1. The summed E-state index contributed by atoms with van der Waals surface area (Å²) in [6.07, 6.45) is 1.52. The lowest BCUT2D eigenvalue weighted by molar-refractivity contribution is -0.117. The molecule has 0 heterocycles. The lowest BCUT2D eigenvalue weighted by atomic mass is 10.6. The van der Waals surface area contributed by atoms with Gasteiger partial charge in [-0.05, 0) is 12.5 Å². The average Bonchev–Trinajstić information content (AvgIpc) is 2.03. The van der Waals surface area contributed by atoms with Crippen LogP contribution in [0.2, 0.25) is 0 Å². The van der Waals surface area contributed by atoms with Crippen LogP contribution in [0.3, 0.4) is 0 Å². The SMILES string of the molecule is C=CC(=O)NCOS(=O)(=O)CCC.N. The second-order valence-electron chi connectivity index (χ2n) is 2.27. The normalized spacial score (nSPS) is 10.1. The monoisotopic (exact) mass is 224 g/mol. The number of nitrogens with one attached hydrogen (secondary N) is 1. The van der Waals surface area contributed by atoms with E-state index in [2.05, 4.69) is 16.1 Å². The van der Waals surface area contributed by atoms with Crippen molar-refractivity contribution in [1.82, 2.24) is 11.5 Å². The molecule has 0 rings (SSSR count). The van der Waals surface area contributed by atoms with Gasteiger partial charge in [0.05, 0.1) is 5.75 Å². The highest BCUT2D eigenvalue weighted by Gasteiger charge is 2.08. The van der Waals surface area contributed by atoms with Crippen molar-refractivity contribution in [2.24, 2.45) is 0 Å². The van der Waals surface area contributed by atoms with Gasteiger partial charge in [-0.25, -0.2) is 4.18 Å². The van der Waals surface area contributed by atoms with Crippen molar-refractivity contribution in [2.75, 3.05) is 12.5 Å². The smallest absolute Gasteiger partial charge is 0.269 e. The second kappa shape index (κ2) is 7.48. The maximum atomic E-state index is 10.9. The second-order valence-corrected chi connectivity index (χ2v) is 4.03. The van der Waals surface area contributed by atoms with Crippen LogP contribution in [0.5, 0.6) is 0 Å². The minimum absolute atomic E-state index is 0. The molecule has 4 N–H and O–H groups in total. The fourth-order valence-corrected chi connectivity index (χ4v) is 1.43. The molecule has 0 aromatic rings. The van der Waals surface area contributed by atoms with E-state index in [1.807, 2.05) is 0 Å². The number of hydrogen-bond acceptors (Lipinski definition) is 5. The molecule has 0 radical (unpaired) electrons. The van der Waals surface area contributed by atoms with Gasteiger partial charge in [0.2, 0.25) is 5.91 Å². The molecule has 0 aliphatic rings. The van der Waals surface area contributed by atoms with Crippen LogP contribution in [0.15, 0.2) is 12.7 Å². The van der Waals surface area contributed by atoms with Gasteiger partial charge in [0, 0.05) is 0 Å².